The predicted octanol–water partition coefficient (Wildman–Crippen LogP) is 1.97. The molecule has 1 amide bonds. The van der Waals surface area contributed by atoms with Gasteiger partial charge < -0.3 is 10.0 Å². The fourth-order valence-corrected chi connectivity index (χ4v) is 3.89. The maximum Gasteiger partial charge on any atom is 0.241 e. The van der Waals surface area contributed by atoms with Crippen LogP contribution in [0.5, 0.6) is 0 Å². The molecule has 1 aromatic carbocycles. The summed E-state index contributed by atoms with van der Waals surface area (Å²) < 4.78 is 0. The van der Waals surface area contributed by atoms with Gasteiger partial charge in [-0.15, -0.1) is 11.8 Å². The molecule has 0 spiro atoms. The minimum Gasteiger partial charge on any atom is -0.390 e. The second kappa shape index (κ2) is 5.99. The summed E-state index contributed by atoms with van der Waals surface area (Å²) in [6, 6.07) is 8.12. The van der Waals surface area contributed by atoms with E-state index in [0.29, 0.717) is 6.54 Å². The molecule has 2 heterocycles. The number of fused-ring (bicyclic) bond motifs is 1. The molecule has 0 aromatic heterocycles. The number of likely N-dealkylation sites (tertiary alicyclic amines) is 1. The second-order valence-corrected chi connectivity index (χ2v) is 7.27. The van der Waals surface area contributed by atoms with Crippen LogP contribution in [-0.2, 0) is 4.79 Å². The van der Waals surface area contributed by atoms with Gasteiger partial charge in [0.05, 0.1) is 17.8 Å². The van der Waals surface area contributed by atoms with E-state index in [1.54, 1.807) is 0 Å². The largest absolute Gasteiger partial charge is 0.390 e. The Bertz CT molecular complexity index is 523. The molecule has 1 N–H and O–H groups in total. The highest BCUT2D eigenvalue weighted by molar-refractivity contribution is 7.99. The molecular weight excluding hydrogens is 284 g/mol. The summed E-state index contributed by atoms with van der Waals surface area (Å²) in [6.07, 6.45) is 1.49. The molecule has 3 rings (SSSR count). The number of rotatable bonds is 2. The normalized spacial score (nSPS) is 21.9. The molecule has 2 aliphatic rings. The number of nitrogens with zero attached hydrogens (tertiary/aromatic N) is 2. The van der Waals surface area contributed by atoms with Gasteiger partial charge in [-0.25, -0.2) is 0 Å². The number of aliphatic hydroxyl groups is 1. The number of hydrogen-bond acceptors (Lipinski definition) is 4. The molecule has 0 bridgehead atoms. The van der Waals surface area contributed by atoms with Crippen LogP contribution in [0.15, 0.2) is 29.2 Å². The molecule has 0 saturated carbocycles. The van der Waals surface area contributed by atoms with Crippen molar-refractivity contribution < 1.29 is 9.90 Å². The number of para-hydroxylation sites is 1. The van der Waals surface area contributed by atoms with Crippen molar-refractivity contribution in [3.8, 4) is 0 Å². The number of hydrogen-bond donors (Lipinski definition) is 1. The van der Waals surface area contributed by atoms with Crippen molar-refractivity contribution in [1.29, 1.82) is 0 Å². The average Bonchev–Trinajstić information content (AvgIpc) is 2.49. The average molecular weight is 306 g/mol. The van der Waals surface area contributed by atoms with Gasteiger partial charge in [-0.3, -0.25) is 9.69 Å². The van der Waals surface area contributed by atoms with Crippen molar-refractivity contribution in [1.82, 2.24) is 4.90 Å². The lowest BCUT2D eigenvalue weighted by molar-refractivity contribution is -0.120. The minimum absolute atomic E-state index is 0.171. The Morgan fingerprint density at radius 3 is 2.76 bits per heavy atom. The third-order valence-corrected chi connectivity index (χ3v) is 5.36. The van der Waals surface area contributed by atoms with Crippen LogP contribution in [0, 0.1) is 0 Å². The molecule has 0 atom stereocenters. The lowest BCUT2D eigenvalue weighted by atomic mass is 9.94. The Hall–Kier alpha value is -1.04. The van der Waals surface area contributed by atoms with Gasteiger partial charge in [0.2, 0.25) is 5.91 Å². The fraction of sp³-hybridized carbons (Fsp3) is 0.562. The minimum atomic E-state index is -0.562. The summed E-state index contributed by atoms with van der Waals surface area (Å²) in [5.41, 5.74) is 0.483. The Kier molecular flexibility index (Phi) is 4.24. The summed E-state index contributed by atoms with van der Waals surface area (Å²) >= 11 is 1.82. The molecule has 21 heavy (non-hydrogen) atoms. The van der Waals surface area contributed by atoms with Crippen molar-refractivity contribution in [2.75, 3.05) is 36.8 Å². The monoisotopic (exact) mass is 306 g/mol. The van der Waals surface area contributed by atoms with E-state index in [4.69, 9.17) is 0 Å². The SMILES string of the molecule is CC1(O)CCN(CC(=O)N2CCSc3ccccc32)CC1. The lowest BCUT2D eigenvalue weighted by Crippen LogP contribution is -2.48. The summed E-state index contributed by atoms with van der Waals surface area (Å²) in [4.78, 5) is 17.9. The third-order valence-electron chi connectivity index (χ3n) is 4.32. The number of carbonyl (C=O) groups excluding carboxylic acids is 1. The zero-order valence-electron chi connectivity index (χ0n) is 12.4. The standard InChI is InChI=1S/C16H22N2O2S/c1-16(20)6-8-17(9-7-16)12-15(19)18-10-11-21-14-5-3-2-4-13(14)18/h2-5,20H,6-12H2,1H3. The van der Waals surface area contributed by atoms with E-state index >= 15 is 0 Å². The van der Waals surface area contributed by atoms with Crippen molar-refractivity contribution in [2.24, 2.45) is 0 Å². The first-order valence-corrected chi connectivity index (χ1v) is 8.51. The van der Waals surface area contributed by atoms with Crippen LogP contribution in [0.3, 0.4) is 0 Å². The lowest BCUT2D eigenvalue weighted by Gasteiger charge is -2.37. The van der Waals surface area contributed by atoms with Crippen molar-refractivity contribution in [3.63, 3.8) is 0 Å². The Morgan fingerprint density at radius 1 is 1.29 bits per heavy atom. The molecule has 0 unspecified atom stereocenters. The van der Waals surface area contributed by atoms with Gasteiger partial charge in [-0.05, 0) is 31.9 Å². The molecule has 4 nitrogen and oxygen atoms in total. The highest BCUT2D eigenvalue weighted by atomic mass is 32.2. The molecule has 5 heteroatoms. The molecule has 2 aliphatic heterocycles. The van der Waals surface area contributed by atoms with E-state index in [1.807, 2.05) is 41.8 Å². The van der Waals surface area contributed by atoms with Gasteiger partial charge in [0.1, 0.15) is 0 Å². The van der Waals surface area contributed by atoms with Gasteiger partial charge >= 0.3 is 0 Å². The predicted molar refractivity (Wildman–Crippen MR) is 85.8 cm³/mol. The van der Waals surface area contributed by atoms with E-state index in [9.17, 15) is 9.90 Å². The van der Waals surface area contributed by atoms with Crippen LogP contribution >= 0.6 is 11.8 Å². The summed E-state index contributed by atoms with van der Waals surface area (Å²) in [6.45, 7) is 4.71. The molecule has 1 fully saturated rings. The molecule has 114 valence electrons. The summed E-state index contributed by atoms with van der Waals surface area (Å²) in [5, 5.41) is 9.98. The summed E-state index contributed by atoms with van der Waals surface area (Å²) in [7, 11) is 0. The first kappa shape index (κ1) is 14.9. The highest BCUT2D eigenvalue weighted by Crippen LogP contribution is 2.34. The first-order chi connectivity index (χ1) is 10.1. The topological polar surface area (TPSA) is 43.8 Å². The van der Waals surface area contributed by atoms with E-state index in [2.05, 4.69) is 11.0 Å². The van der Waals surface area contributed by atoms with Crippen LogP contribution in [0.2, 0.25) is 0 Å². The Balaban J connectivity index is 1.64. The van der Waals surface area contributed by atoms with Crippen LogP contribution in [-0.4, -0.2) is 53.4 Å². The fourth-order valence-electron chi connectivity index (χ4n) is 2.90. The van der Waals surface area contributed by atoms with E-state index < -0.39 is 5.60 Å². The maximum absolute atomic E-state index is 12.6. The van der Waals surface area contributed by atoms with Gasteiger partial charge in [-0.2, -0.15) is 0 Å². The van der Waals surface area contributed by atoms with Crippen molar-refractivity contribution in [3.05, 3.63) is 24.3 Å². The second-order valence-electron chi connectivity index (χ2n) is 6.13. The third kappa shape index (κ3) is 3.42. The quantitative estimate of drug-likeness (QED) is 0.907. The van der Waals surface area contributed by atoms with E-state index in [0.717, 1.165) is 43.9 Å². The van der Waals surface area contributed by atoms with Crippen LogP contribution in [0.25, 0.3) is 0 Å². The van der Waals surface area contributed by atoms with Crippen LogP contribution < -0.4 is 4.90 Å². The molecule has 1 aromatic rings. The Labute approximate surface area is 130 Å². The van der Waals surface area contributed by atoms with Crippen molar-refractivity contribution >= 4 is 23.4 Å². The highest BCUT2D eigenvalue weighted by Gasteiger charge is 2.30. The number of piperidine rings is 1. The zero-order chi connectivity index (χ0) is 14.9. The number of thioether (sulfide) groups is 1. The molecule has 0 radical (unpaired) electrons. The van der Waals surface area contributed by atoms with E-state index in [-0.39, 0.29) is 5.91 Å². The number of amides is 1. The molecule has 1 saturated heterocycles. The summed E-state index contributed by atoms with van der Waals surface area (Å²) in [5.74, 6) is 1.13. The zero-order valence-corrected chi connectivity index (χ0v) is 13.2. The van der Waals surface area contributed by atoms with Crippen molar-refractivity contribution in [2.45, 2.75) is 30.3 Å². The first-order valence-electron chi connectivity index (χ1n) is 7.52. The number of benzene rings is 1. The number of carbonyl (C=O) groups is 1. The number of anilines is 1. The van der Waals surface area contributed by atoms with Crippen LogP contribution in [0.1, 0.15) is 19.8 Å². The van der Waals surface area contributed by atoms with Gasteiger partial charge in [0, 0.05) is 30.3 Å². The van der Waals surface area contributed by atoms with Gasteiger partial charge in [-0.1, -0.05) is 12.1 Å². The van der Waals surface area contributed by atoms with E-state index in [1.165, 1.54) is 4.90 Å². The van der Waals surface area contributed by atoms with Crippen LogP contribution in [0.4, 0.5) is 5.69 Å². The smallest absolute Gasteiger partial charge is 0.241 e. The van der Waals surface area contributed by atoms with Gasteiger partial charge in [0.15, 0.2) is 0 Å². The maximum atomic E-state index is 12.6. The molecular formula is C16H22N2O2S. The Morgan fingerprint density at radius 2 is 2.00 bits per heavy atom. The molecule has 0 aliphatic carbocycles. The van der Waals surface area contributed by atoms with Gasteiger partial charge in [0.25, 0.3) is 0 Å².